The third kappa shape index (κ3) is 2.85. The van der Waals surface area contributed by atoms with Crippen LogP contribution in [0.25, 0.3) is 0 Å². The first kappa shape index (κ1) is 13.0. The van der Waals surface area contributed by atoms with Gasteiger partial charge in [0, 0.05) is 18.0 Å². The van der Waals surface area contributed by atoms with E-state index in [1.165, 1.54) is 22.9 Å². The lowest BCUT2D eigenvalue weighted by Crippen LogP contribution is -2.30. The number of nitrogens with two attached hydrogens (primary N) is 1. The van der Waals surface area contributed by atoms with Gasteiger partial charge in [-0.2, -0.15) is 0 Å². The number of aryl methyl sites for hydroxylation is 1. The van der Waals surface area contributed by atoms with Gasteiger partial charge in [-0.25, -0.2) is 4.98 Å². The van der Waals surface area contributed by atoms with E-state index in [1.54, 1.807) is 11.3 Å². The van der Waals surface area contributed by atoms with Crippen LogP contribution < -0.4 is 5.73 Å². The third-order valence-electron chi connectivity index (χ3n) is 3.45. The molecule has 0 bridgehead atoms. The fourth-order valence-electron chi connectivity index (χ4n) is 2.32. The number of nitrogens with zero attached hydrogens (tertiary/aromatic N) is 3. The van der Waals surface area contributed by atoms with Crippen LogP contribution >= 0.6 is 11.3 Å². The van der Waals surface area contributed by atoms with Gasteiger partial charge < -0.3 is 10.6 Å². The van der Waals surface area contributed by atoms with E-state index in [1.807, 2.05) is 0 Å². The highest BCUT2D eigenvalue weighted by atomic mass is 32.1. The maximum atomic E-state index is 5.73. The van der Waals surface area contributed by atoms with Gasteiger partial charge in [0.25, 0.3) is 0 Å². The Labute approximate surface area is 107 Å². The molecular formula is C12H22N4S. The molecule has 17 heavy (non-hydrogen) atoms. The summed E-state index contributed by atoms with van der Waals surface area (Å²) in [6, 6.07) is 0.423. The SMILES string of the molecule is Cc1nc(C2CN(C)CCCN2C)sc1CN. The van der Waals surface area contributed by atoms with Crippen LogP contribution in [0, 0.1) is 6.92 Å². The molecule has 2 N–H and O–H groups in total. The van der Waals surface area contributed by atoms with Crippen LogP contribution in [0.15, 0.2) is 0 Å². The van der Waals surface area contributed by atoms with Crippen LogP contribution in [0.1, 0.15) is 28.0 Å². The van der Waals surface area contributed by atoms with Crippen molar-refractivity contribution >= 4 is 11.3 Å². The molecule has 1 unspecified atom stereocenters. The summed E-state index contributed by atoms with van der Waals surface area (Å²) in [7, 11) is 4.39. The Morgan fingerprint density at radius 3 is 2.82 bits per heavy atom. The maximum Gasteiger partial charge on any atom is 0.112 e. The molecule has 0 spiro atoms. The molecule has 0 saturated carbocycles. The Bertz CT molecular complexity index is 377. The van der Waals surface area contributed by atoms with Gasteiger partial charge >= 0.3 is 0 Å². The molecule has 5 heteroatoms. The molecule has 1 aliphatic rings. The highest BCUT2D eigenvalue weighted by Gasteiger charge is 2.25. The minimum absolute atomic E-state index is 0.423. The van der Waals surface area contributed by atoms with Crippen molar-refractivity contribution in [2.75, 3.05) is 33.7 Å². The molecule has 96 valence electrons. The van der Waals surface area contributed by atoms with E-state index < -0.39 is 0 Å². The smallest absolute Gasteiger partial charge is 0.112 e. The van der Waals surface area contributed by atoms with E-state index in [2.05, 4.69) is 30.8 Å². The normalized spacial score (nSPS) is 23.9. The molecule has 0 aliphatic carbocycles. The minimum Gasteiger partial charge on any atom is -0.326 e. The van der Waals surface area contributed by atoms with Gasteiger partial charge in [-0.05, 0) is 40.5 Å². The zero-order valence-corrected chi connectivity index (χ0v) is 11.8. The van der Waals surface area contributed by atoms with E-state index in [-0.39, 0.29) is 0 Å². The van der Waals surface area contributed by atoms with Crippen LogP contribution in [0.5, 0.6) is 0 Å². The average molecular weight is 254 g/mol. The minimum atomic E-state index is 0.423. The number of aromatic nitrogens is 1. The van der Waals surface area contributed by atoms with E-state index in [0.29, 0.717) is 12.6 Å². The summed E-state index contributed by atoms with van der Waals surface area (Å²) in [4.78, 5) is 10.7. The predicted octanol–water partition coefficient (Wildman–Crippen LogP) is 1.22. The standard InChI is InChI=1S/C12H22N4S/c1-9-11(7-13)17-12(14-9)10-8-15(2)5-4-6-16(10)3/h10H,4-8,13H2,1-3H3. The van der Waals surface area contributed by atoms with Gasteiger partial charge in [-0.1, -0.05) is 0 Å². The Morgan fingerprint density at radius 2 is 2.18 bits per heavy atom. The van der Waals surface area contributed by atoms with Crippen LogP contribution in [0.2, 0.25) is 0 Å². The van der Waals surface area contributed by atoms with Crippen molar-refractivity contribution in [1.29, 1.82) is 0 Å². The van der Waals surface area contributed by atoms with Crippen LogP contribution in [0.4, 0.5) is 0 Å². The quantitative estimate of drug-likeness (QED) is 0.862. The molecule has 2 rings (SSSR count). The predicted molar refractivity (Wildman–Crippen MR) is 72.2 cm³/mol. The fraction of sp³-hybridized carbons (Fsp3) is 0.750. The second kappa shape index (κ2) is 5.44. The van der Waals surface area contributed by atoms with Crippen molar-refractivity contribution < 1.29 is 0 Å². The van der Waals surface area contributed by atoms with Crippen LogP contribution in [0.3, 0.4) is 0 Å². The number of hydrogen-bond donors (Lipinski definition) is 1. The van der Waals surface area contributed by atoms with E-state index in [9.17, 15) is 0 Å². The van der Waals surface area contributed by atoms with E-state index >= 15 is 0 Å². The summed E-state index contributed by atoms with van der Waals surface area (Å²) >= 11 is 1.78. The van der Waals surface area contributed by atoms with Crippen molar-refractivity contribution in [3.05, 3.63) is 15.6 Å². The monoisotopic (exact) mass is 254 g/mol. The third-order valence-corrected chi connectivity index (χ3v) is 4.73. The van der Waals surface area contributed by atoms with Crippen molar-refractivity contribution in [2.45, 2.75) is 25.9 Å². The molecule has 0 radical (unpaired) electrons. The lowest BCUT2D eigenvalue weighted by atomic mass is 10.2. The van der Waals surface area contributed by atoms with Crippen molar-refractivity contribution in [2.24, 2.45) is 5.73 Å². The number of hydrogen-bond acceptors (Lipinski definition) is 5. The summed E-state index contributed by atoms with van der Waals surface area (Å²) in [6.45, 7) is 6.05. The van der Waals surface area contributed by atoms with Crippen LogP contribution in [-0.2, 0) is 6.54 Å². The van der Waals surface area contributed by atoms with Crippen molar-refractivity contribution in [1.82, 2.24) is 14.8 Å². The average Bonchev–Trinajstić information content (AvgIpc) is 2.58. The zero-order chi connectivity index (χ0) is 12.4. The number of likely N-dealkylation sites (N-methyl/N-ethyl adjacent to an activating group) is 2. The molecule has 1 saturated heterocycles. The highest BCUT2D eigenvalue weighted by molar-refractivity contribution is 7.11. The lowest BCUT2D eigenvalue weighted by Gasteiger charge is -2.25. The number of thiazole rings is 1. The molecule has 4 nitrogen and oxygen atoms in total. The summed E-state index contributed by atoms with van der Waals surface area (Å²) in [6.07, 6.45) is 1.23. The summed E-state index contributed by atoms with van der Waals surface area (Å²) in [5, 5.41) is 1.22. The first-order valence-electron chi connectivity index (χ1n) is 6.17. The zero-order valence-electron chi connectivity index (χ0n) is 10.9. The second-order valence-corrected chi connectivity index (χ2v) is 5.99. The summed E-state index contributed by atoms with van der Waals surface area (Å²) in [5.41, 5.74) is 6.84. The molecular weight excluding hydrogens is 232 g/mol. The van der Waals surface area contributed by atoms with Gasteiger partial charge in [0.15, 0.2) is 0 Å². The molecule has 0 amide bonds. The Balaban J connectivity index is 2.22. The Kier molecular flexibility index (Phi) is 4.14. The Morgan fingerprint density at radius 1 is 1.41 bits per heavy atom. The largest absolute Gasteiger partial charge is 0.326 e. The maximum absolute atomic E-state index is 5.73. The highest BCUT2D eigenvalue weighted by Crippen LogP contribution is 2.28. The summed E-state index contributed by atoms with van der Waals surface area (Å²) < 4.78 is 0. The van der Waals surface area contributed by atoms with Gasteiger partial charge in [-0.15, -0.1) is 11.3 Å². The first-order valence-corrected chi connectivity index (χ1v) is 6.98. The molecule has 1 aliphatic heterocycles. The lowest BCUT2D eigenvalue weighted by molar-refractivity contribution is 0.228. The van der Waals surface area contributed by atoms with Crippen molar-refractivity contribution in [3.63, 3.8) is 0 Å². The van der Waals surface area contributed by atoms with Crippen LogP contribution in [-0.4, -0.2) is 48.5 Å². The molecule has 2 heterocycles. The molecule has 1 aromatic rings. The van der Waals surface area contributed by atoms with E-state index in [0.717, 1.165) is 18.8 Å². The molecule has 1 fully saturated rings. The number of rotatable bonds is 2. The molecule has 1 aromatic heterocycles. The van der Waals surface area contributed by atoms with Gasteiger partial charge in [-0.3, -0.25) is 4.90 Å². The summed E-state index contributed by atoms with van der Waals surface area (Å²) in [5.74, 6) is 0. The van der Waals surface area contributed by atoms with Gasteiger partial charge in [0.05, 0.1) is 11.7 Å². The van der Waals surface area contributed by atoms with Crippen molar-refractivity contribution in [3.8, 4) is 0 Å². The first-order chi connectivity index (χ1) is 8.11. The topological polar surface area (TPSA) is 45.4 Å². The molecule has 1 atom stereocenters. The second-order valence-electron chi connectivity index (χ2n) is 4.88. The van der Waals surface area contributed by atoms with Gasteiger partial charge in [0.2, 0.25) is 0 Å². The van der Waals surface area contributed by atoms with Gasteiger partial charge in [0.1, 0.15) is 5.01 Å². The molecule has 0 aromatic carbocycles. The Hall–Kier alpha value is -0.490. The van der Waals surface area contributed by atoms with E-state index in [4.69, 9.17) is 10.7 Å². The fourth-order valence-corrected chi connectivity index (χ4v) is 3.42.